The van der Waals surface area contributed by atoms with E-state index < -0.39 is 0 Å². The van der Waals surface area contributed by atoms with Crippen LogP contribution in [-0.4, -0.2) is 0 Å². The molecule has 0 aliphatic heterocycles. The number of hydrogen-bond acceptors (Lipinski definition) is 0. The second-order valence-electron chi connectivity index (χ2n) is 3.79. The van der Waals surface area contributed by atoms with Crippen LogP contribution in [0.4, 0.5) is 0 Å². The van der Waals surface area contributed by atoms with Gasteiger partial charge in [0.15, 0.2) is 0 Å². The second kappa shape index (κ2) is 2.37. The van der Waals surface area contributed by atoms with Gasteiger partial charge in [0, 0.05) is 10.4 Å². The van der Waals surface area contributed by atoms with E-state index in [1.807, 2.05) is 6.08 Å². The molecule has 0 spiro atoms. The summed E-state index contributed by atoms with van der Waals surface area (Å²) in [6.07, 6.45) is 10.4. The van der Waals surface area contributed by atoms with Gasteiger partial charge in [-0.3, -0.25) is 0 Å². The molecule has 0 aromatic heterocycles. The molecule has 0 aromatic carbocycles. The van der Waals surface area contributed by atoms with Crippen molar-refractivity contribution in [2.24, 2.45) is 5.41 Å². The van der Waals surface area contributed by atoms with Gasteiger partial charge in [-0.15, -0.1) is 0 Å². The van der Waals surface area contributed by atoms with Crippen LogP contribution in [0.1, 0.15) is 13.8 Å². The van der Waals surface area contributed by atoms with Crippen molar-refractivity contribution in [3.63, 3.8) is 0 Å². The molecular formula is C11H11Cl. The van der Waals surface area contributed by atoms with Gasteiger partial charge in [-0.2, -0.15) is 0 Å². The largest absolute Gasteiger partial charge is 0.0846 e. The van der Waals surface area contributed by atoms with Gasteiger partial charge >= 0.3 is 0 Å². The van der Waals surface area contributed by atoms with E-state index in [0.29, 0.717) is 0 Å². The van der Waals surface area contributed by atoms with Crippen LogP contribution in [0, 0.1) is 5.41 Å². The van der Waals surface area contributed by atoms with Crippen LogP contribution < -0.4 is 0 Å². The van der Waals surface area contributed by atoms with Gasteiger partial charge in [-0.05, 0) is 17.2 Å². The molecule has 12 heavy (non-hydrogen) atoms. The summed E-state index contributed by atoms with van der Waals surface area (Å²) in [5.41, 5.74) is 2.71. The predicted octanol–water partition coefficient (Wildman–Crippen LogP) is 3.57. The Morgan fingerprint density at radius 3 is 2.83 bits per heavy atom. The van der Waals surface area contributed by atoms with Gasteiger partial charge in [-0.25, -0.2) is 0 Å². The molecule has 2 aliphatic rings. The average Bonchev–Trinajstić information content (AvgIpc) is 2.32. The van der Waals surface area contributed by atoms with E-state index in [1.165, 1.54) is 11.1 Å². The molecule has 0 fully saturated rings. The molecule has 0 bridgehead atoms. The Labute approximate surface area is 77.9 Å². The zero-order valence-corrected chi connectivity index (χ0v) is 8.02. The summed E-state index contributed by atoms with van der Waals surface area (Å²) in [4.78, 5) is 0. The van der Waals surface area contributed by atoms with Crippen LogP contribution in [0.2, 0.25) is 0 Å². The van der Waals surface area contributed by atoms with Gasteiger partial charge < -0.3 is 0 Å². The number of rotatable bonds is 0. The second-order valence-corrected chi connectivity index (χ2v) is 4.23. The summed E-state index contributed by atoms with van der Waals surface area (Å²) in [5, 5.41) is 0.846. The third kappa shape index (κ3) is 1.07. The van der Waals surface area contributed by atoms with Crippen LogP contribution in [0.5, 0.6) is 0 Å². The minimum Gasteiger partial charge on any atom is -0.0846 e. The lowest BCUT2D eigenvalue weighted by Gasteiger charge is -2.27. The molecule has 0 N–H and O–H groups in total. The Hall–Kier alpha value is -0.750. The monoisotopic (exact) mass is 178 g/mol. The third-order valence-corrected chi connectivity index (χ3v) is 2.55. The molecule has 0 saturated heterocycles. The van der Waals surface area contributed by atoms with E-state index in [9.17, 15) is 0 Å². The summed E-state index contributed by atoms with van der Waals surface area (Å²) in [6.45, 7) is 4.36. The molecule has 0 radical (unpaired) electrons. The maximum absolute atomic E-state index is 5.99. The number of allylic oxidation sites excluding steroid dienone is 8. The van der Waals surface area contributed by atoms with Crippen molar-refractivity contribution >= 4 is 11.6 Å². The summed E-state index contributed by atoms with van der Waals surface area (Å²) >= 11 is 5.99. The fourth-order valence-electron chi connectivity index (χ4n) is 1.76. The molecule has 2 aliphatic carbocycles. The quantitative estimate of drug-likeness (QED) is 0.532. The first kappa shape index (κ1) is 7.88. The van der Waals surface area contributed by atoms with E-state index >= 15 is 0 Å². The molecule has 0 saturated carbocycles. The van der Waals surface area contributed by atoms with Crippen LogP contribution in [-0.2, 0) is 0 Å². The highest BCUT2D eigenvalue weighted by Gasteiger charge is 2.27. The third-order valence-electron chi connectivity index (χ3n) is 2.34. The summed E-state index contributed by atoms with van der Waals surface area (Å²) in [7, 11) is 0. The topological polar surface area (TPSA) is 0 Å². The van der Waals surface area contributed by atoms with Crippen molar-refractivity contribution in [3.05, 3.63) is 46.6 Å². The van der Waals surface area contributed by atoms with Crippen LogP contribution >= 0.6 is 11.6 Å². The molecule has 0 aromatic rings. The van der Waals surface area contributed by atoms with Gasteiger partial charge in [0.05, 0.1) is 0 Å². The lowest BCUT2D eigenvalue weighted by atomic mass is 9.78. The van der Waals surface area contributed by atoms with Crippen molar-refractivity contribution < 1.29 is 0 Å². The summed E-state index contributed by atoms with van der Waals surface area (Å²) < 4.78 is 0. The SMILES string of the molecule is CC1(C)C=C(Cl)C=C2C=CC=C21. The smallest absolute Gasteiger partial charge is 0.0380 e. The molecule has 0 atom stereocenters. The van der Waals surface area contributed by atoms with Crippen molar-refractivity contribution in [2.75, 3.05) is 0 Å². The first-order valence-corrected chi connectivity index (χ1v) is 4.47. The number of hydrogen-bond donors (Lipinski definition) is 0. The molecule has 0 unspecified atom stereocenters. The van der Waals surface area contributed by atoms with Gasteiger partial charge in [0.2, 0.25) is 0 Å². The average molecular weight is 179 g/mol. The highest BCUT2D eigenvalue weighted by molar-refractivity contribution is 6.31. The van der Waals surface area contributed by atoms with Crippen molar-refractivity contribution in [3.8, 4) is 0 Å². The van der Waals surface area contributed by atoms with E-state index in [1.54, 1.807) is 0 Å². The maximum atomic E-state index is 5.99. The number of fused-ring (bicyclic) bond motifs is 1. The van der Waals surface area contributed by atoms with Crippen molar-refractivity contribution in [1.82, 2.24) is 0 Å². The minimum atomic E-state index is 0.0880. The minimum absolute atomic E-state index is 0.0880. The molecule has 1 heteroatoms. The Bertz CT molecular complexity index is 338. The Kier molecular flexibility index (Phi) is 1.55. The van der Waals surface area contributed by atoms with Crippen LogP contribution in [0.15, 0.2) is 46.6 Å². The first-order valence-electron chi connectivity index (χ1n) is 4.09. The van der Waals surface area contributed by atoms with E-state index in [0.717, 1.165) is 5.03 Å². The predicted molar refractivity (Wildman–Crippen MR) is 53.0 cm³/mol. The summed E-state index contributed by atoms with van der Waals surface area (Å²) in [5.74, 6) is 0. The highest BCUT2D eigenvalue weighted by Crippen LogP contribution is 2.42. The standard InChI is InChI=1S/C11H11Cl/c1-11(2)7-9(12)6-8-4-3-5-10(8)11/h3-7H,1-2H3. The van der Waals surface area contributed by atoms with E-state index in [-0.39, 0.29) is 5.41 Å². The summed E-state index contributed by atoms with van der Waals surface area (Å²) in [6, 6.07) is 0. The molecular weight excluding hydrogens is 168 g/mol. The van der Waals surface area contributed by atoms with E-state index in [4.69, 9.17) is 11.6 Å². The van der Waals surface area contributed by atoms with Crippen LogP contribution in [0.25, 0.3) is 0 Å². The lowest BCUT2D eigenvalue weighted by molar-refractivity contribution is 0.586. The molecule has 62 valence electrons. The fourth-order valence-corrected chi connectivity index (χ4v) is 2.15. The molecule has 0 nitrogen and oxygen atoms in total. The van der Waals surface area contributed by atoms with Crippen LogP contribution in [0.3, 0.4) is 0 Å². The molecule has 2 rings (SSSR count). The van der Waals surface area contributed by atoms with Gasteiger partial charge in [0.25, 0.3) is 0 Å². The zero-order valence-electron chi connectivity index (χ0n) is 7.26. The van der Waals surface area contributed by atoms with Crippen molar-refractivity contribution in [1.29, 1.82) is 0 Å². The zero-order chi connectivity index (χ0) is 8.77. The van der Waals surface area contributed by atoms with Gasteiger partial charge in [-0.1, -0.05) is 49.8 Å². The normalized spacial score (nSPS) is 24.4. The highest BCUT2D eigenvalue weighted by atomic mass is 35.5. The van der Waals surface area contributed by atoms with E-state index in [2.05, 4.69) is 38.2 Å². The number of halogens is 1. The Morgan fingerprint density at radius 2 is 2.08 bits per heavy atom. The first-order chi connectivity index (χ1) is 5.59. The fraction of sp³-hybridized carbons (Fsp3) is 0.273. The van der Waals surface area contributed by atoms with Crippen molar-refractivity contribution in [2.45, 2.75) is 13.8 Å². The molecule has 0 amide bonds. The Morgan fingerprint density at radius 1 is 1.33 bits per heavy atom. The van der Waals surface area contributed by atoms with Gasteiger partial charge in [0.1, 0.15) is 0 Å². The maximum Gasteiger partial charge on any atom is 0.0380 e. The Balaban J connectivity index is 2.54. The molecule has 0 heterocycles. The lowest BCUT2D eigenvalue weighted by Crippen LogP contribution is -2.14.